The summed E-state index contributed by atoms with van der Waals surface area (Å²) in [5, 5.41) is 15.8. The molecule has 5 nitrogen and oxygen atoms in total. The number of H-pyrrole nitrogens is 1. The lowest BCUT2D eigenvalue weighted by Gasteiger charge is -2.01. The molecule has 0 aliphatic carbocycles. The number of carboxylic acid groups (broad SMARTS) is 1. The normalized spacial score (nSPS) is 11.3. The number of hydrogen-bond donors (Lipinski definition) is 2. The number of hydrogen-bond acceptors (Lipinski definition) is 2. The van der Waals surface area contributed by atoms with Crippen LogP contribution in [-0.4, -0.2) is 25.8 Å². The molecule has 0 bridgehead atoms. The van der Waals surface area contributed by atoms with E-state index >= 15 is 0 Å². The second-order valence-corrected chi connectivity index (χ2v) is 5.38. The molecule has 0 aliphatic rings. The van der Waals surface area contributed by atoms with Crippen LogP contribution in [0.1, 0.15) is 10.5 Å². The van der Waals surface area contributed by atoms with Crippen LogP contribution in [0.4, 0.5) is 0 Å². The average molecular weight is 312 g/mol. The Bertz CT molecular complexity index is 1030. The highest BCUT2D eigenvalue weighted by Crippen LogP contribution is 2.28. The van der Waals surface area contributed by atoms with E-state index in [1.54, 1.807) is 29.1 Å². The Hall–Kier alpha value is -2.79. The first-order chi connectivity index (χ1) is 10.6. The molecule has 0 saturated heterocycles. The molecule has 0 atom stereocenters. The minimum Gasteiger partial charge on any atom is -0.476 e. The van der Waals surface area contributed by atoms with Gasteiger partial charge in [0, 0.05) is 27.5 Å². The predicted molar refractivity (Wildman–Crippen MR) is 84.9 cm³/mol. The molecule has 0 spiro atoms. The largest absolute Gasteiger partial charge is 0.476 e. The van der Waals surface area contributed by atoms with Gasteiger partial charge in [-0.05, 0) is 24.3 Å². The van der Waals surface area contributed by atoms with Crippen LogP contribution in [-0.2, 0) is 0 Å². The molecule has 4 rings (SSSR count). The molecule has 4 aromatic rings. The lowest BCUT2D eigenvalue weighted by atomic mass is 10.2. The first-order valence-electron chi connectivity index (χ1n) is 6.63. The van der Waals surface area contributed by atoms with Crippen molar-refractivity contribution in [3.8, 4) is 5.69 Å². The first-order valence-corrected chi connectivity index (χ1v) is 7.01. The van der Waals surface area contributed by atoms with Crippen molar-refractivity contribution in [3.63, 3.8) is 0 Å². The number of nitrogens with one attached hydrogen (secondary N) is 1. The molecule has 0 radical (unpaired) electrons. The van der Waals surface area contributed by atoms with Gasteiger partial charge in [-0.3, -0.25) is 0 Å². The van der Waals surface area contributed by atoms with E-state index in [4.69, 9.17) is 11.6 Å². The number of halogens is 1. The molecule has 22 heavy (non-hydrogen) atoms. The summed E-state index contributed by atoms with van der Waals surface area (Å²) >= 11 is 5.99. The molecule has 0 unspecified atom stereocenters. The van der Waals surface area contributed by atoms with Gasteiger partial charge in [0.1, 0.15) is 0 Å². The Morgan fingerprint density at radius 3 is 2.82 bits per heavy atom. The van der Waals surface area contributed by atoms with Crippen molar-refractivity contribution >= 4 is 39.4 Å². The summed E-state index contributed by atoms with van der Waals surface area (Å²) in [5.74, 6) is -1.04. The molecular weight excluding hydrogens is 302 g/mol. The zero-order chi connectivity index (χ0) is 15.3. The second-order valence-electron chi connectivity index (χ2n) is 4.95. The third kappa shape index (κ3) is 1.79. The van der Waals surface area contributed by atoms with Gasteiger partial charge in [0.15, 0.2) is 5.69 Å². The summed E-state index contributed by atoms with van der Waals surface area (Å²) in [5.41, 5.74) is 2.45. The summed E-state index contributed by atoms with van der Waals surface area (Å²) in [4.78, 5) is 14.5. The van der Waals surface area contributed by atoms with Crippen molar-refractivity contribution in [2.75, 3.05) is 0 Å². The number of fused-ring (bicyclic) bond motifs is 2. The third-order valence-corrected chi connectivity index (χ3v) is 3.88. The van der Waals surface area contributed by atoms with E-state index in [0.29, 0.717) is 10.4 Å². The zero-order valence-electron chi connectivity index (χ0n) is 11.2. The van der Waals surface area contributed by atoms with Gasteiger partial charge in [0.25, 0.3) is 0 Å². The van der Waals surface area contributed by atoms with E-state index in [1.807, 2.05) is 24.3 Å². The Labute approximate surface area is 129 Å². The van der Waals surface area contributed by atoms with Crippen molar-refractivity contribution in [2.45, 2.75) is 0 Å². The summed E-state index contributed by atoms with van der Waals surface area (Å²) in [7, 11) is 0. The maximum Gasteiger partial charge on any atom is 0.357 e. The van der Waals surface area contributed by atoms with Crippen LogP contribution in [0.3, 0.4) is 0 Å². The lowest BCUT2D eigenvalue weighted by molar-refractivity contribution is 0.0692. The van der Waals surface area contributed by atoms with Gasteiger partial charge in [0.05, 0.1) is 11.2 Å². The van der Waals surface area contributed by atoms with Crippen molar-refractivity contribution in [1.82, 2.24) is 14.8 Å². The first kappa shape index (κ1) is 12.9. The van der Waals surface area contributed by atoms with Gasteiger partial charge in [-0.2, -0.15) is 5.10 Å². The van der Waals surface area contributed by atoms with E-state index in [2.05, 4.69) is 10.1 Å². The van der Waals surface area contributed by atoms with Gasteiger partial charge in [-0.25, -0.2) is 9.48 Å². The molecule has 0 saturated carbocycles. The molecule has 0 amide bonds. The Balaban J connectivity index is 2.06. The Kier molecular flexibility index (Phi) is 2.71. The van der Waals surface area contributed by atoms with E-state index in [-0.39, 0.29) is 5.69 Å². The van der Waals surface area contributed by atoms with Crippen LogP contribution in [0.15, 0.2) is 48.7 Å². The summed E-state index contributed by atoms with van der Waals surface area (Å²) in [6, 6.07) is 12.8. The van der Waals surface area contributed by atoms with Crippen LogP contribution in [0, 0.1) is 0 Å². The van der Waals surface area contributed by atoms with Gasteiger partial charge < -0.3 is 10.1 Å². The standard InChI is InChI=1S/C16H10ClN3O2/c17-9-5-6-10-12(7-9)18-8-14(10)20-13-4-2-1-3-11(13)15(19-20)16(21)22/h1-8,18H,(H,21,22). The number of carboxylic acids is 1. The van der Waals surface area contributed by atoms with Crippen LogP contribution >= 0.6 is 11.6 Å². The van der Waals surface area contributed by atoms with Crippen LogP contribution < -0.4 is 0 Å². The molecule has 6 heteroatoms. The minimum absolute atomic E-state index is 0.0407. The van der Waals surface area contributed by atoms with Gasteiger partial charge >= 0.3 is 5.97 Å². The molecule has 2 aromatic heterocycles. The highest BCUT2D eigenvalue weighted by Gasteiger charge is 2.18. The quantitative estimate of drug-likeness (QED) is 0.590. The highest BCUT2D eigenvalue weighted by molar-refractivity contribution is 6.31. The summed E-state index contributed by atoms with van der Waals surface area (Å²) in [6.45, 7) is 0. The highest BCUT2D eigenvalue weighted by atomic mass is 35.5. The van der Waals surface area contributed by atoms with E-state index in [0.717, 1.165) is 22.1 Å². The van der Waals surface area contributed by atoms with Crippen molar-refractivity contribution < 1.29 is 9.90 Å². The molecule has 108 valence electrons. The fourth-order valence-electron chi connectivity index (χ4n) is 2.67. The van der Waals surface area contributed by atoms with Gasteiger partial charge in [-0.15, -0.1) is 0 Å². The molecule has 2 N–H and O–H groups in total. The topological polar surface area (TPSA) is 70.9 Å². The zero-order valence-corrected chi connectivity index (χ0v) is 12.0. The third-order valence-electron chi connectivity index (χ3n) is 3.64. The summed E-state index contributed by atoms with van der Waals surface area (Å²) < 4.78 is 1.64. The molecular formula is C16H10ClN3O2. The number of nitrogens with zero attached hydrogens (tertiary/aromatic N) is 2. The van der Waals surface area contributed by atoms with Crippen LogP contribution in [0.25, 0.3) is 27.5 Å². The van der Waals surface area contributed by atoms with E-state index in [9.17, 15) is 9.90 Å². The van der Waals surface area contributed by atoms with Gasteiger partial charge in [-0.1, -0.05) is 29.8 Å². The number of aromatic amines is 1. The number of aromatic nitrogens is 3. The van der Waals surface area contributed by atoms with Crippen LogP contribution in [0.2, 0.25) is 5.02 Å². The second kappa shape index (κ2) is 4.61. The maximum absolute atomic E-state index is 11.4. The number of benzene rings is 2. The number of rotatable bonds is 2. The fourth-order valence-corrected chi connectivity index (χ4v) is 2.84. The summed E-state index contributed by atoms with van der Waals surface area (Å²) in [6.07, 6.45) is 1.80. The van der Waals surface area contributed by atoms with Crippen LogP contribution in [0.5, 0.6) is 0 Å². The van der Waals surface area contributed by atoms with E-state index < -0.39 is 5.97 Å². The monoisotopic (exact) mass is 311 g/mol. The fraction of sp³-hybridized carbons (Fsp3) is 0. The number of aromatic carboxylic acids is 1. The Morgan fingerprint density at radius 1 is 1.18 bits per heavy atom. The molecule has 2 aromatic carbocycles. The Morgan fingerprint density at radius 2 is 2.00 bits per heavy atom. The molecule has 0 aliphatic heterocycles. The van der Waals surface area contributed by atoms with Crippen molar-refractivity contribution in [2.24, 2.45) is 0 Å². The predicted octanol–water partition coefficient (Wildman–Crippen LogP) is 3.86. The van der Waals surface area contributed by atoms with E-state index in [1.165, 1.54) is 0 Å². The SMILES string of the molecule is O=C(O)c1nn(-c2c[nH]c3cc(Cl)ccc23)c2ccccc12. The van der Waals surface area contributed by atoms with Crippen molar-refractivity contribution in [1.29, 1.82) is 0 Å². The minimum atomic E-state index is -1.04. The number of para-hydroxylation sites is 1. The lowest BCUT2D eigenvalue weighted by Crippen LogP contribution is -2.00. The smallest absolute Gasteiger partial charge is 0.357 e. The molecule has 0 fully saturated rings. The van der Waals surface area contributed by atoms with Gasteiger partial charge in [0.2, 0.25) is 0 Å². The maximum atomic E-state index is 11.4. The number of carbonyl (C=O) groups is 1. The molecule has 2 heterocycles. The average Bonchev–Trinajstić information content (AvgIpc) is 3.07. The van der Waals surface area contributed by atoms with Crippen molar-refractivity contribution in [3.05, 3.63) is 59.4 Å².